The lowest BCUT2D eigenvalue weighted by Gasteiger charge is -2.29. The Morgan fingerprint density at radius 1 is 1.20 bits per heavy atom. The summed E-state index contributed by atoms with van der Waals surface area (Å²) < 4.78 is 6.06. The van der Waals surface area contributed by atoms with Gasteiger partial charge in [-0.2, -0.15) is 0 Å². The minimum absolute atomic E-state index is 0.201. The van der Waals surface area contributed by atoms with Crippen molar-refractivity contribution in [1.82, 2.24) is 0 Å². The minimum Gasteiger partial charge on any atom is -0.489 e. The van der Waals surface area contributed by atoms with Crippen molar-refractivity contribution in [2.75, 3.05) is 0 Å². The van der Waals surface area contributed by atoms with Gasteiger partial charge < -0.3 is 4.74 Å². The molecule has 1 aliphatic rings. The Labute approximate surface area is 92.5 Å². The number of hydrogen-bond acceptors (Lipinski definition) is 1. The summed E-state index contributed by atoms with van der Waals surface area (Å²) in [7, 11) is 0. The second-order valence-corrected chi connectivity index (χ2v) is 5.73. The molecule has 2 atom stereocenters. The van der Waals surface area contributed by atoms with Crippen molar-refractivity contribution in [3.63, 3.8) is 0 Å². The molecule has 1 nitrogen and oxygen atoms in total. The zero-order valence-corrected chi connectivity index (χ0v) is 10.3. The van der Waals surface area contributed by atoms with E-state index in [0.29, 0.717) is 12.0 Å². The lowest BCUT2D eigenvalue weighted by Crippen LogP contribution is -2.32. The average Bonchev–Trinajstić information content (AvgIpc) is 2.42. The third-order valence-electron chi connectivity index (χ3n) is 3.22. The van der Waals surface area contributed by atoms with Crippen LogP contribution in [-0.4, -0.2) is 6.10 Å². The van der Waals surface area contributed by atoms with Crippen LogP contribution in [0.25, 0.3) is 0 Å². The molecule has 0 fully saturated rings. The fraction of sp³-hybridized carbons (Fsp3) is 0.571. The maximum absolute atomic E-state index is 6.06. The predicted molar refractivity (Wildman–Crippen MR) is 63.5 cm³/mol. The Morgan fingerprint density at radius 3 is 2.47 bits per heavy atom. The summed E-state index contributed by atoms with van der Waals surface area (Å²) in [6.45, 7) is 11.1. The van der Waals surface area contributed by atoms with Crippen LogP contribution in [0.2, 0.25) is 0 Å². The molecular weight excluding hydrogens is 184 g/mol. The SMILES string of the molecule is Cc1ccc2c(c1)OC(C(C)(C)C)C2C. The summed E-state index contributed by atoms with van der Waals surface area (Å²) in [6, 6.07) is 6.53. The molecule has 1 heterocycles. The zero-order valence-electron chi connectivity index (χ0n) is 10.3. The number of benzene rings is 1. The van der Waals surface area contributed by atoms with Crippen LogP contribution in [0.3, 0.4) is 0 Å². The second-order valence-electron chi connectivity index (χ2n) is 5.73. The lowest BCUT2D eigenvalue weighted by molar-refractivity contribution is 0.0910. The number of ether oxygens (including phenoxy) is 1. The molecule has 0 bridgehead atoms. The molecule has 2 unspecified atom stereocenters. The molecule has 1 heteroatoms. The summed E-state index contributed by atoms with van der Waals surface area (Å²) >= 11 is 0. The summed E-state index contributed by atoms with van der Waals surface area (Å²) in [4.78, 5) is 0. The van der Waals surface area contributed by atoms with E-state index in [1.54, 1.807) is 0 Å². The number of rotatable bonds is 0. The van der Waals surface area contributed by atoms with Gasteiger partial charge in [0.05, 0.1) is 0 Å². The first-order valence-electron chi connectivity index (χ1n) is 5.67. The highest BCUT2D eigenvalue weighted by Gasteiger charge is 2.38. The molecule has 0 amide bonds. The van der Waals surface area contributed by atoms with Gasteiger partial charge in [-0.3, -0.25) is 0 Å². The first-order chi connectivity index (χ1) is 6.89. The highest BCUT2D eigenvalue weighted by Crippen LogP contribution is 2.44. The van der Waals surface area contributed by atoms with Crippen molar-refractivity contribution in [1.29, 1.82) is 0 Å². The molecule has 0 aliphatic carbocycles. The van der Waals surface area contributed by atoms with Crippen molar-refractivity contribution in [3.05, 3.63) is 29.3 Å². The Hall–Kier alpha value is -0.980. The van der Waals surface area contributed by atoms with Gasteiger partial charge in [-0.1, -0.05) is 39.8 Å². The smallest absolute Gasteiger partial charge is 0.123 e. The van der Waals surface area contributed by atoms with Gasteiger partial charge in [0.25, 0.3) is 0 Å². The van der Waals surface area contributed by atoms with Crippen molar-refractivity contribution in [2.24, 2.45) is 5.41 Å². The topological polar surface area (TPSA) is 9.23 Å². The molecule has 2 rings (SSSR count). The largest absolute Gasteiger partial charge is 0.489 e. The van der Waals surface area contributed by atoms with E-state index in [1.807, 2.05) is 0 Å². The zero-order chi connectivity index (χ0) is 11.2. The molecule has 0 aromatic heterocycles. The van der Waals surface area contributed by atoms with Gasteiger partial charge >= 0.3 is 0 Å². The summed E-state index contributed by atoms with van der Waals surface area (Å²) in [6.07, 6.45) is 0.300. The molecule has 0 N–H and O–H groups in total. The average molecular weight is 204 g/mol. The molecule has 0 spiro atoms. The molecule has 0 radical (unpaired) electrons. The summed E-state index contributed by atoms with van der Waals surface area (Å²) in [5.41, 5.74) is 2.84. The molecule has 1 aliphatic heterocycles. The minimum atomic E-state index is 0.201. The van der Waals surface area contributed by atoms with Crippen molar-refractivity contribution >= 4 is 0 Å². The quantitative estimate of drug-likeness (QED) is 0.622. The van der Waals surface area contributed by atoms with Gasteiger partial charge in [-0.05, 0) is 24.0 Å². The first-order valence-corrected chi connectivity index (χ1v) is 5.67. The molecule has 1 aromatic carbocycles. The second kappa shape index (κ2) is 3.26. The van der Waals surface area contributed by atoms with Gasteiger partial charge in [0.15, 0.2) is 0 Å². The van der Waals surface area contributed by atoms with E-state index in [9.17, 15) is 0 Å². The lowest BCUT2D eigenvalue weighted by atomic mass is 9.80. The Balaban J connectivity index is 2.37. The molecular formula is C14H20O. The number of fused-ring (bicyclic) bond motifs is 1. The standard InChI is InChI=1S/C14H20O/c1-9-6-7-11-10(2)13(14(3,4)5)15-12(11)8-9/h6-8,10,13H,1-5H3. The first kappa shape index (κ1) is 10.5. The van der Waals surface area contributed by atoms with Crippen molar-refractivity contribution < 1.29 is 4.74 Å². The van der Waals surface area contributed by atoms with Crippen LogP contribution in [0.1, 0.15) is 44.7 Å². The van der Waals surface area contributed by atoms with E-state index >= 15 is 0 Å². The highest BCUT2D eigenvalue weighted by atomic mass is 16.5. The van der Waals surface area contributed by atoms with Crippen molar-refractivity contribution in [2.45, 2.75) is 46.6 Å². The molecule has 0 saturated carbocycles. The summed E-state index contributed by atoms with van der Waals surface area (Å²) in [5, 5.41) is 0. The third kappa shape index (κ3) is 1.75. The summed E-state index contributed by atoms with van der Waals surface area (Å²) in [5.74, 6) is 1.59. The number of aryl methyl sites for hydroxylation is 1. The maximum atomic E-state index is 6.06. The fourth-order valence-corrected chi connectivity index (χ4v) is 2.45. The van der Waals surface area contributed by atoms with Gasteiger partial charge in [0.2, 0.25) is 0 Å². The van der Waals surface area contributed by atoms with Crippen LogP contribution in [-0.2, 0) is 0 Å². The number of hydrogen-bond donors (Lipinski definition) is 0. The van der Waals surface area contributed by atoms with Gasteiger partial charge in [0, 0.05) is 11.5 Å². The molecule has 82 valence electrons. The molecule has 0 saturated heterocycles. The van der Waals surface area contributed by atoms with Gasteiger partial charge in [-0.25, -0.2) is 0 Å². The third-order valence-corrected chi connectivity index (χ3v) is 3.22. The Kier molecular flexibility index (Phi) is 2.29. The highest BCUT2D eigenvalue weighted by molar-refractivity contribution is 5.43. The van der Waals surface area contributed by atoms with Crippen molar-refractivity contribution in [3.8, 4) is 5.75 Å². The van der Waals surface area contributed by atoms with Crippen LogP contribution < -0.4 is 4.74 Å². The molecule has 1 aromatic rings. The van der Waals surface area contributed by atoms with Crippen LogP contribution in [0.15, 0.2) is 18.2 Å². The van der Waals surface area contributed by atoms with Crippen LogP contribution in [0, 0.1) is 12.3 Å². The van der Waals surface area contributed by atoms with E-state index < -0.39 is 0 Å². The van der Waals surface area contributed by atoms with E-state index in [4.69, 9.17) is 4.74 Å². The maximum Gasteiger partial charge on any atom is 0.123 e. The fourth-order valence-electron chi connectivity index (χ4n) is 2.45. The normalized spacial score (nSPS) is 24.9. The molecule has 15 heavy (non-hydrogen) atoms. The van der Waals surface area contributed by atoms with E-state index in [0.717, 1.165) is 5.75 Å². The van der Waals surface area contributed by atoms with E-state index in [2.05, 4.69) is 52.8 Å². The van der Waals surface area contributed by atoms with Crippen LogP contribution in [0.5, 0.6) is 5.75 Å². The van der Waals surface area contributed by atoms with Gasteiger partial charge in [-0.15, -0.1) is 0 Å². The van der Waals surface area contributed by atoms with Crippen LogP contribution >= 0.6 is 0 Å². The van der Waals surface area contributed by atoms with E-state index in [1.165, 1.54) is 11.1 Å². The van der Waals surface area contributed by atoms with Gasteiger partial charge in [0.1, 0.15) is 11.9 Å². The monoisotopic (exact) mass is 204 g/mol. The Bertz CT molecular complexity index is 373. The van der Waals surface area contributed by atoms with Crippen LogP contribution in [0.4, 0.5) is 0 Å². The Morgan fingerprint density at radius 2 is 1.87 bits per heavy atom. The van der Waals surface area contributed by atoms with E-state index in [-0.39, 0.29) is 5.41 Å². The predicted octanol–water partition coefficient (Wildman–Crippen LogP) is 3.91.